The van der Waals surface area contributed by atoms with Gasteiger partial charge in [-0.1, -0.05) is 6.07 Å². The maximum Gasteiger partial charge on any atom is 0.156 e. The second kappa shape index (κ2) is 5.28. The highest BCUT2D eigenvalue weighted by Crippen LogP contribution is 2.31. The number of hydrogen-bond donors (Lipinski definition) is 1. The summed E-state index contributed by atoms with van der Waals surface area (Å²) in [5.41, 5.74) is 3.42. The van der Waals surface area contributed by atoms with E-state index in [0.717, 1.165) is 22.7 Å². The lowest BCUT2D eigenvalue weighted by Crippen LogP contribution is -1.97. The molecule has 0 saturated heterocycles. The van der Waals surface area contributed by atoms with E-state index in [2.05, 4.69) is 10.3 Å². The fourth-order valence-corrected chi connectivity index (χ4v) is 2.53. The predicted molar refractivity (Wildman–Crippen MR) is 87.3 cm³/mol. The summed E-state index contributed by atoms with van der Waals surface area (Å²) in [5.74, 6) is 1.19. The Bertz CT molecular complexity index is 956. The van der Waals surface area contributed by atoms with Crippen molar-refractivity contribution in [3.63, 3.8) is 0 Å². The Balaban J connectivity index is 1.89. The average molecular weight is 307 g/mol. The van der Waals surface area contributed by atoms with Gasteiger partial charge in [0.25, 0.3) is 0 Å². The summed E-state index contributed by atoms with van der Waals surface area (Å²) in [4.78, 5) is 4.64. The number of furan rings is 1. The van der Waals surface area contributed by atoms with Crippen LogP contribution in [0.1, 0.15) is 5.56 Å². The van der Waals surface area contributed by atoms with Crippen molar-refractivity contribution in [1.82, 2.24) is 9.38 Å². The summed E-state index contributed by atoms with van der Waals surface area (Å²) in [6.07, 6.45) is 3.62. The number of aryl methyl sites for hydroxylation is 1. The van der Waals surface area contributed by atoms with Crippen molar-refractivity contribution in [3.8, 4) is 11.5 Å². The van der Waals surface area contributed by atoms with Gasteiger partial charge < -0.3 is 9.73 Å². The van der Waals surface area contributed by atoms with Crippen LogP contribution in [0.3, 0.4) is 0 Å². The molecule has 0 aliphatic carbocycles. The Kier molecular flexibility index (Phi) is 3.12. The highest BCUT2D eigenvalue weighted by molar-refractivity contribution is 5.77. The van der Waals surface area contributed by atoms with Gasteiger partial charge >= 0.3 is 0 Å². The number of aromatic nitrogens is 2. The van der Waals surface area contributed by atoms with E-state index in [9.17, 15) is 4.39 Å². The molecule has 0 radical (unpaired) electrons. The van der Waals surface area contributed by atoms with Crippen molar-refractivity contribution in [3.05, 3.63) is 72.4 Å². The van der Waals surface area contributed by atoms with Crippen LogP contribution in [-0.2, 0) is 0 Å². The number of rotatable bonds is 3. The van der Waals surface area contributed by atoms with Crippen LogP contribution in [0.4, 0.5) is 15.9 Å². The van der Waals surface area contributed by atoms with Crippen LogP contribution >= 0.6 is 0 Å². The van der Waals surface area contributed by atoms with E-state index < -0.39 is 0 Å². The van der Waals surface area contributed by atoms with Gasteiger partial charge in [-0.05, 0) is 55.0 Å². The molecule has 4 aromatic rings. The van der Waals surface area contributed by atoms with Gasteiger partial charge in [-0.25, -0.2) is 9.37 Å². The van der Waals surface area contributed by atoms with Crippen molar-refractivity contribution in [1.29, 1.82) is 0 Å². The SMILES string of the molecule is Cc1ccc2nc(-c3ccco3)c(Nc3ccc(F)cc3)n2c1. The molecule has 114 valence electrons. The first-order valence-corrected chi connectivity index (χ1v) is 7.26. The zero-order chi connectivity index (χ0) is 15.8. The second-order valence-electron chi connectivity index (χ2n) is 5.35. The van der Waals surface area contributed by atoms with Crippen molar-refractivity contribution < 1.29 is 8.81 Å². The molecule has 1 N–H and O–H groups in total. The molecule has 3 heterocycles. The summed E-state index contributed by atoms with van der Waals surface area (Å²) in [7, 11) is 0. The smallest absolute Gasteiger partial charge is 0.156 e. The summed E-state index contributed by atoms with van der Waals surface area (Å²) in [6, 6.07) is 13.9. The van der Waals surface area contributed by atoms with E-state index in [1.54, 1.807) is 18.4 Å². The Morgan fingerprint density at radius 2 is 1.91 bits per heavy atom. The Hall–Kier alpha value is -3.08. The highest BCUT2D eigenvalue weighted by atomic mass is 19.1. The Labute approximate surface area is 132 Å². The van der Waals surface area contributed by atoms with Crippen molar-refractivity contribution >= 4 is 17.2 Å². The zero-order valence-corrected chi connectivity index (χ0v) is 12.5. The van der Waals surface area contributed by atoms with E-state index >= 15 is 0 Å². The first kappa shape index (κ1) is 13.6. The third kappa shape index (κ3) is 2.46. The summed E-state index contributed by atoms with van der Waals surface area (Å²) < 4.78 is 20.6. The third-order valence-electron chi connectivity index (χ3n) is 3.63. The number of anilines is 2. The van der Waals surface area contributed by atoms with Gasteiger partial charge in [0.1, 0.15) is 23.0 Å². The van der Waals surface area contributed by atoms with Crippen molar-refractivity contribution in [2.75, 3.05) is 5.32 Å². The highest BCUT2D eigenvalue weighted by Gasteiger charge is 2.16. The van der Waals surface area contributed by atoms with Gasteiger partial charge in [0.15, 0.2) is 5.76 Å². The summed E-state index contributed by atoms with van der Waals surface area (Å²) >= 11 is 0. The lowest BCUT2D eigenvalue weighted by atomic mass is 10.3. The summed E-state index contributed by atoms with van der Waals surface area (Å²) in [5, 5.41) is 3.31. The molecular formula is C18H14FN3O. The fraction of sp³-hybridized carbons (Fsp3) is 0.0556. The topological polar surface area (TPSA) is 42.5 Å². The number of imidazole rings is 1. The molecule has 0 unspecified atom stereocenters. The first-order chi connectivity index (χ1) is 11.2. The molecule has 0 bridgehead atoms. The van der Waals surface area contributed by atoms with Gasteiger partial charge in [-0.2, -0.15) is 0 Å². The van der Waals surface area contributed by atoms with Gasteiger partial charge in [0.05, 0.1) is 6.26 Å². The van der Waals surface area contributed by atoms with Crippen LogP contribution in [0.15, 0.2) is 65.4 Å². The molecule has 1 aromatic carbocycles. The molecule has 0 aliphatic heterocycles. The summed E-state index contributed by atoms with van der Waals surface area (Å²) in [6.45, 7) is 2.02. The number of nitrogens with one attached hydrogen (secondary N) is 1. The Morgan fingerprint density at radius 3 is 2.65 bits per heavy atom. The van der Waals surface area contributed by atoms with Crippen molar-refractivity contribution in [2.45, 2.75) is 6.92 Å². The molecular weight excluding hydrogens is 293 g/mol. The van der Waals surface area contributed by atoms with Crippen LogP contribution in [-0.4, -0.2) is 9.38 Å². The van der Waals surface area contributed by atoms with Crippen LogP contribution < -0.4 is 5.32 Å². The number of hydrogen-bond acceptors (Lipinski definition) is 3. The van der Waals surface area contributed by atoms with Gasteiger partial charge in [-0.3, -0.25) is 4.40 Å². The number of nitrogens with zero attached hydrogens (tertiary/aromatic N) is 2. The first-order valence-electron chi connectivity index (χ1n) is 7.26. The maximum atomic E-state index is 13.1. The molecule has 4 rings (SSSR count). The molecule has 0 spiro atoms. The van der Waals surface area contributed by atoms with E-state index in [4.69, 9.17) is 4.42 Å². The molecule has 0 saturated carbocycles. The van der Waals surface area contributed by atoms with Crippen LogP contribution in [0, 0.1) is 12.7 Å². The molecule has 4 nitrogen and oxygen atoms in total. The van der Waals surface area contributed by atoms with E-state index in [1.807, 2.05) is 41.8 Å². The monoisotopic (exact) mass is 307 g/mol. The molecule has 0 fully saturated rings. The zero-order valence-electron chi connectivity index (χ0n) is 12.5. The van der Waals surface area contributed by atoms with Gasteiger partial charge in [0.2, 0.25) is 0 Å². The lowest BCUT2D eigenvalue weighted by Gasteiger charge is -2.08. The largest absolute Gasteiger partial charge is 0.463 e. The third-order valence-corrected chi connectivity index (χ3v) is 3.63. The van der Waals surface area contributed by atoms with E-state index in [0.29, 0.717) is 11.5 Å². The molecule has 0 aliphatic rings. The minimum Gasteiger partial charge on any atom is -0.463 e. The Morgan fingerprint density at radius 1 is 1.09 bits per heavy atom. The second-order valence-corrected chi connectivity index (χ2v) is 5.35. The average Bonchev–Trinajstić information content (AvgIpc) is 3.18. The van der Waals surface area contributed by atoms with Crippen LogP contribution in [0.5, 0.6) is 0 Å². The molecule has 3 aromatic heterocycles. The number of fused-ring (bicyclic) bond motifs is 1. The number of benzene rings is 1. The van der Waals surface area contributed by atoms with E-state index in [-0.39, 0.29) is 5.82 Å². The van der Waals surface area contributed by atoms with E-state index in [1.165, 1.54) is 12.1 Å². The molecule has 0 amide bonds. The number of pyridine rings is 1. The van der Waals surface area contributed by atoms with Crippen LogP contribution in [0.2, 0.25) is 0 Å². The lowest BCUT2D eigenvalue weighted by molar-refractivity contribution is 0.581. The van der Waals surface area contributed by atoms with Gasteiger partial charge in [-0.15, -0.1) is 0 Å². The van der Waals surface area contributed by atoms with Gasteiger partial charge in [0, 0.05) is 11.9 Å². The normalized spacial score (nSPS) is 11.0. The standard InChI is InChI=1S/C18H14FN3O/c1-12-4-9-16-21-17(15-3-2-10-23-15)18(22(16)11-12)20-14-7-5-13(19)6-8-14/h2-11,20H,1H3. The molecule has 23 heavy (non-hydrogen) atoms. The minimum absolute atomic E-state index is 0.268. The predicted octanol–water partition coefficient (Wildman–Crippen LogP) is 4.79. The molecule has 5 heteroatoms. The van der Waals surface area contributed by atoms with Crippen molar-refractivity contribution in [2.24, 2.45) is 0 Å². The number of halogens is 1. The molecule has 0 atom stereocenters. The quantitative estimate of drug-likeness (QED) is 0.592. The minimum atomic E-state index is -0.268. The maximum absolute atomic E-state index is 13.1. The van der Waals surface area contributed by atoms with Crippen LogP contribution in [0.25, 0.3) is 17.1 Å². The fourth-order valence-electron chi connectivity index (χ4n) is 2.53.